The van der Waals surface area contributed by atoms with Gasteiger partial charge in [-0.15, -0.1) is 0 Å². The van der Waals surface area contributed by atoms with Gasteiger partial charge in [-0.05, 0) is 37.2 Å². The first-order valence-electron chi connectivity index (χ1n) is 8.23. The molecule has 5 nitrogen and oxygen atoms in total. The van der Waals surface area contributed by atoms with Crippen LogP contribution in [-0.4, -0.2) is 30.6 Å². The normalized spacial score (nSPS) is 16.1. The van der Waals surface area contributed by atoms with Crippen LogP contribution in [0.4, 0.5) is 0 Å². The van der Waals surface area contributed by atoms with Gasteiger partial charge in [0.25, 0.3) is 0 Å². The van der Waals surface area contributed by atoms with Gasteiger partial charge in [-0.2, -0.15) is 0 Å². The lowest BCUT2D eigenvalue weighted by molar-refractivity contribution is 0.201. The van der Waals surface area contributed by atoms with Crippen molar-refractivity contribution in [2.45, 2.75) is 52.2 Å². The number of pyridine rings is 1. The Morgan fingerprint density at radius 3 is 2.68 bits per heavy atom. The summed E-state index contributed by atoms with van der Waals surface area (Å²) in [4.78, 5) is 8.61. The van der Waals surface area contributed by atoms with Crippen LogP contribution < -0.4 is 15.4 Å². The number of guanidine groups is 1. The van der Waals surface area contributed by atoms with E-state index in [1.807, 2.05) is 12.3 Å². The quantitative estimate of drug-likeness (QED) is 0.627. The van der Waals surface area contributed by atoms with Crippen molar-refractivity contribution in [2.24, 2.45) is 10.9 Å². The standard InChI is InChI=1S/C17H28N4O/c1-13(2)10-20-17(18-3)21-12-14-8-9-16(19-11-14)22-15-6-4-5-7-15/h8-9,11,13,15H,4-7,10,12H2,1-3H3,(H2,18,20,21). The van der Waals surface area contributed by atoms with Crippen molar-refractivity contribution in [3.63, 3.8) is 0 Å². The zero-order chi connectivity index (χ0) is 15.8. The van der Waals surface area contributed by atoms with E-state index in [0.717, 1.165) is 36.8 Å². The number of nitrogens with zero attached hydrogens (tertiary/aromatic N) is 2. The molecule has 0 unspecified atom stereocenters. The van der Waals surface area contributed by atoms with Crippen LogP contribution in [0.5, 0.6) is 5.88 Å². The van der Waals surface area contributed by atoms with Gasteiger partial charge in [-0.1, -0.05) is 19.9 Å². The molecule has 0 saturated heterocycles. The lowest BCUT2D eigenvalue weighted by atomic mass is 10.2. The molecule has 1 aromatic rings. The summed E-state index contributed by atoms with van der Waals surface area (Å²) in [5, 5.41) is 6.58. The fourth-order valence-corrected chi connectivity index (χ4v) is 2.47. The van der Waals surface area contributed by atoms with E-state index in [2.05, 4.69) is 40.5 Å². The highest BCUT2D eigenvalue weighted by molar-refractivity contribution is 5.79. The SMILES string of the molecule is CN=C(NCc1ccc(OC2CCCC2)nc1)NCC(C)C. The fourth-order valence-electron chi connectivity index (χ4n) is 2.47. The van der Waals surface area contributed by atoms with Gasteiger partial charge in [0.2, 0.25) is 5.88 Å². The first kappa shape index (κ1) is 16.6. The Kier molecular flexibility index (Phi) is 6.49. The molecule has 1 aliphatic carbocycles. The maximum absolute atomic E-state index is 5.87. The molecule has 0 radical (unpaired) electrons. The Bertz CT molecular complexity index is 464. The Labute approximate surface area is 133 Å². The number of ether oxygens (including phenoxy) is 1. The predicted molar refractivity (Wildman–Crippen MR) is 90.2 cm³/mol. The summed E-state index contributed by atoms with van der Waals surface area (Å²) in [6.45, 7) is 5.96. The Balaban J connectivity index is 1.77. The van der Waals surface area contributed by atoms with E-state index in [0.29, 0.717) is 18.6 Å². The molecule has 22 heavy (non-hydrogen) atoms. The molecule has 1 heterocycles. The van der Waals surface area contributed by atoms with Crippen molar-refractivity contribution >= 4 is 5.96 Å². The van der Waals surface area contributed by atoms with Crippen LogP contribution in [0.3, 0.4) is 0 Å². The van der Waals surface area contributed by atoms with Gasteiger partial charge in [-0.3, -0.25) is 4.99 Å². The predicted octanol–water partition coefficient (Wildman–Crippen LogP) is 2.72. The average Bonchev–Trinajstić information content (AvgIpc) is 3.02. The van der Waals surface area contributed by atoms with E-state index in [1.54, 1.807) is 7.05 Å². The lowest BCUT2D eigenvalue weighted by Crippen LogP contribution is -2.38. The van der Waals surface area contributed by atoms with E-state index < -0.39 is 0 Å². The van der Waals surface area contributed by atoms with Crippen molar-refractivity contribution in [1.29, 1.82) is 0 Å². The van der Waals surface area contributed by atoms with Gasteiger partial charge in [0, 0.05) is 32.4 Å². The summed E-state index contributed by atoms with van der Waals surface area (Å²) in [5.74, 6) is 2.14. The summed E-state index contributed by atoms with van der Waals surface area (Å²) < 4.78 is 5.87. The third-order valence-corrected chi connectivity index (χ3v) is 3.75. The molecule has 2 rings (SSSR count). The highest BCUT2D eigenvalue weighted by Crippen LogP contribution is 2.22. The van der Waals surface area contributed by atoms with Crippen LogP contribution in [0.25, 0.3) is 0 Å². The highest BCUT2D eigenvalue weighted by Gasteiger charge is 2.16. The lowest BCUT2D eigenvalue weighted by Gasteiger charge is -2.14. The van der Waals surface area contributed by atoms with Crippen LogP contribution in [0.2, 0.25) is 0 Å². The Morgan fingerprint density at radius 1 is 1.32 bits per heavy atom. The Hall–Kier alpha value is -1.78. The topological polar surface area (TPSA) is 58.5 Å². The maximum atomic E-state index is 5.87. The second kappa shape index (κ2) is 8.61. The minimum absolute atomic E-state index is 0.357. The molecule has 0 atom stereocenters. The monoisotopic (exact) mass is 304 g/mol. The van der Waals surface area contributed by atoms with Crippen LogP contribution in [0.15, 0.2) is 23.3 Å². The number of aliphatic imine (C=N–C) groups is 1. The molecule has 2 N–H and O–H groups in total. The van der Waals surface area contributed by atoms with Crippen molar-refractivity contribution in [2.75, 3.05) is 13.6 Å². The molecule has 122 valence electrons. The number of rotatable bonds is 6. The van der Waals surface area contributed by atoms with Gasteiger partial charge in [-0.25, -0.2) is 4.98 Å². The summed E-state index contributed by atoms with van der Waals surface area (Å²) in [7, 11) is 1.78. The van der Waals surface area contributed by atoms with E-state index >= 15 is 0 Å². The van der Waals surface area contributed by atoms with Crippen LogP contribution >= 0.6 is 0 Å². The van der Waals surface area contributed by atoms with Crippen molar-refractivity contribution < 1.29 is 4.74 Å². The van der Waals surface area contributed by atoms with Crippen LogP contribution in [0.1, 0.15) is 45.1 Å². The smallest absolute Gasteiger partial charge is 0.213 e. The first-order valence-corrected chi connectivity index (χ1v) is 8.23. The number of hydrogen-bond acceptors (Lipinski definition) is 3. The second-order valence-corrected chi connectivity index (χ2v) is 6.23. The number of aromatic nitrogens is 1. The van der Waals surface area contributed by atoms with Gasteiger partial charge in [0.15, 0.2) is 5.96 Å². The number of hydrogen-bond donors (Lipinski definition) is 2. The highest BCUT2D eigenvalue weighted by atomic mass is 16.5. The van der Waals surface area contributed by atoms with Crippen molar-refractivity contribution in [1.82, 2.24) is 15.6 Å². The van der Waals surface area contributed by atoms with Crippen molar-refractivity contribution in [3.8, 4) is 5.88 Å². The average molecular weight is 304 g/mol. The molecule has 0 spiro atoms. The van der Waals surface area contributed by atoms with Gasteiger partial charge in [0.05, 0.1) is 0 Å². The molecule has 1 aromatic heterocycles. The molecule has 1 fully saturated rings. The summed E-state index contributed by atoms with van der Waals surface area (Å²) in [5.41, 5.74) is 1.12. The summed E-state index contributed by atoms with van der Waals surface area (Å²) in [6.07, 6.45) is 7.08. The molecule has 5 heteroatoms. The first-order chi connectivity index (χ1) is 10.7. The van der Waals surface area contributed by atoms with E-state index in [4.69, 9.17) is 4.74 Å². The molecule has 0 aliphatic heterocycles. The Morgan fingerprint density at radius 2 is 2.09 bits per heavy atom. The largest absolute Gasteiger partial charge is 0.474 e. The minimum atomic E-state index is 0.357. The zero-order valence-corrected chi connectivity index (χ0v) is 13.9. The van der Waals surface area contributed by atoms with Gasteiger partial charge < -0.3 is 15.4 Å². The minimum Gasteiger partial charge on any atom is -0.474 e. The van der Waals surface area contributed by atoms with E-state index in [9.17, 15) is 0 Å². The maximum Gasteiger partial charge on any atom is 0.213 e. The zero-order valence-electron chi connectivity index (χ0n) is 13.9. The third-order valence-electron chi connectivity index (χ3n) is 3.75. The molecule has 0 amide bonds. The summed E-state index contributed by atoms with van der Waals surface area (Å²) in [6, 6.07) is 4.01. The van der Waals surface area contributed by atoms with Crippen LogP contribution in [-0.2, 0) is 6.54 Å². The van der Waals surface area contributed by atoms with E-state index in [1.165, 1.54) is 12.8 Å². The molecule has 0 aromatic carbocycles. The van der Waals surface area contributed by atoms with Crippen LogP contribution in [0, 0.1) is 5.92 Å². The third kappa shape index (κ3) is 5.54. The summed E-state index contributed by atoms with van der Waals surface area (Å²) >= 11 is 0. The molecular formula is C17H28N4O. The van der Waals surface area contributed by atoms with Gasteiger partial charge in [0.1, 0.15) is 6.10 Å². The molecule has 1 aliphatic rings. The fraction of sp³-hybridized carbons (Fsp3) is 0.647. The van der Waals surface area contributed by atoms with Gasteiger partial charge >= 0.3 is 0 Å². The second-order valence-electron chi connectivity index (χ2n) is 6.23. The molecular weight excluding hydrogens is 276 g/mol. The molecule has 0 bridgehead atoms. The molecule has 1 saturated carbocycles. The number of nitrogens with one attached hydrogen (secondary N) is 2. The van der Waals surface area contributed by atoms with E-state index in [-0.39, 0.29) is 0 Å². The van der Waals surface area contributed by atoms with Crippen molar-refractivity contribution in [3.05, 3.63) is 23.9 Å².